The van der Waals surface area contributed by atoms with Gasteiger partial charge < -0.3 is 10.6 Å². The molecule has 0 saturated heterocycles. The Morgan fingerprint density at radius 2 is 1.76 bits per heavy atom. The molecule has 0 fully saturated rings. The van der Waals surface area contributed by atoms with E-state index in [4.69, 9.17) is 17.3 Å². The maximum atomic E-state index is 12.4. The van der Waals surface area contributed by atoms with Gasteiger partial charge in [-0.05, 0) is 35.7 Å². The van der Waals surface area contributed by atoms with Crippen LogP contribution in [0.1, 0.15) is 28.4 Å². The molecule has 0 radical (unpaired) electrons. The van der Waals surface area contributed by atoms with E-state index in [1.54, 1.807) is 30.1 Å². The van der Waals surface area contributed by atoms with E-state index in [0.717, 1.165) is 12.0 Å². The maximum absolute atomic E-state index is 12.4. The highest BCUT2D eigenvalue weighted by Crippen LogP contribution is 2.21. The van der Waals surface area contributed by atoms with Crippen molar-refractivity contribution in [2.45, 2.75) is 19.9 Å². The molecule has 0 unspecified atom stereocenters. The number of carbonyl (C=O) groups is 1. The average molecular weight is 303 g/mol. The van der Waals surface area contributed by atoms with Crippen molar-refractivity contribution < 1.29 is 4.79 Å². The van der Waals surface area contributed by atoms with Gasteiger partial charge in [0.2, 0.25) is 0 Å². The van der Waals surface area contributed by atoms with Crippen molar-refractivity contribution in [3.05, 3.63) is 64.2 Å². The highest BCUT2D eigenvalue weighted by Gasteiger charge is 2.15. The summed E-state index contributed by atoms with van der Waals surface area (Å²) in [6.07, 6.45) is 1.01. The van der Waals surface area contributed by atoms with Crippen LogP contribution in [0.15, 0.2) is 42.5 Å². The zero-order valence-corrected chi connectivity index (χ0v) is 13.0. The molecule has 0 aliphatic rings. The molecule has 0 heterocycles. The summed E-state index contributed by atoms with van der Waals surface area (Å²) in [5.41, 5.74) is 9.06. The predicted molar refractivity (Wildman–Crippen MR) is 87.5 cm³/mol. The van der Waals surface area contributed by atoms with Gasteiger partial charge in [0.05, 0.1) is 10.6 Å². The molecular formula is C17H19ClN2O. The fourth-order valence-electron chi connectivity index (χ4n) is 2.14. The Morgan fingerprint density at radius 1 is 1.14 bits per heavy atom. The van der Waals surface area contributed by atoms with Gasteiger partial charge in [0.1, 0.15) is 0 Å². The summed E-state index contributed by atoms with van der Waals surface area (Å²) in [6.45, 7) is 2.65. The Bertz CT molecular complexity index is 638. The van der Waals surface area contributed by atoms with Crippen molar-refractivity contribution in [1.82, 2.24) is 4.90 Å². The van der Waals surface area contributed by atoms with Gasteiger partial charge in [-0.15, -0.1) is 0 Å². The van der Waals surface area contributed by atoms with E-state index in [1.807, 2.05) is 12.1 Å². The molecule has 0 spiro atoms. The minimum atomic E-state index is -0.133. The van der Waals surface area contributed by atoms with E-state index >= 15 is 0 Å². The minimum Gasteiger partial charge on any atom is -0.399 e. The molecule has 2 N–H and O–H groups in total. The van der Waals surface area contributed by atoms with Gasteiger partial charge in [0.25, 0.3) is 5.91 Å². The molecular weight excluding hydrogens is 284 g/mol. The molecule has 0 saturated carbocycles. The number of nitrogens with two attached hydrogens (primary N) is 1. The molecule has 0 aliphatic heterocycles. The van der Waals surface area contributed by atoms with Crippen molar-refractivity contribution >= 4 is 23.2 Å². The number of carbonyl (C=O) groups excluding carboxylic acids is 1. The van der Waals surface area contributed by atoms with E-state index < -0.39 is 0 Å². The number of hydrogen-bond donors (Lipinski definition) is 1. The lowest BCUT2D eigenvalue weighted by molar-refractivity contribution is 0.0785. The second kappa shape index (κ2) is 6.64. The normalized spacial score (nSPS) is 10.4. The third-order valence-corrected chi connectivity index (χ3v) is 3.75. The van der Waals surface area contributed by atoms with E-state index in [9.17, 15) is 4.79 Å². The molecule has 0 aliphatic carbocycles. The Morgan fingerprint density at radius 3 is 2.38 bits per heavy atom. The summed E-state index contributed by atoms with van der Waals surface area (Å²) < 4.78 is 0. The molecule has 110 valence electrons. The van der Waals surface area contributed by atoms with Gasteiger partial charge in [-0.1, -0.05) is 42.8 Å². The predicted octanol–water partition coefficient (Wildman–Crippen LogP) is 3.76. The fourth-order valence-corrected chi connectivity index (χ4v) is 2.34. The van der Waals surface area contributed by atoms with Gasteiger partial charge in [-0.25, -0.2) is 0 Å². The zero-order valence-electron chi connectivity index (χ0n) is 12.3. The summed E-state index contributed by atoms with van der Waals surface area (Å²) in [6, 6.07) is 13.2. The number of rotatable bonds is 4. The first-order valence-electron chi connectivity index (χ1n) is 6.89. The molecule has 1 amide bonds. The molecule has 4 heteroatoms. The Kier molecular flexibility index (Phi) is 4.86. The molecule has 0 atom stereocenters. The summed E-state index contributed by atoms with van der Waals surface area (Å²) in [7, 11) is 1.76. The molecule has 0 bridgehead atoms. The Hall–Kier alpha value is -2.00. The van der Waals surface area contributed by atoms with Crippen LogP contribution >= 0.6 is 11.6 Å². The SMILES string of the molecule is CCc1ccc(CN(C)C(=O)c2cc(N)ccc2Cl)cc1. The van der Waals surface area contributed by atoms with Gasteiger partial charge in [-0.2, -0.15) is 0 Å². The van der Waals surface area contributed by atoms with Gasteiger partial charge in [0, 0.05) is 19.3 Å². The fraction of sp³-hybridized carbons (Fsp3) is 0.235. The van der Waals surface area contributed by atoms with Crippen molar-refractivity contribution in [2.75, 3.05) is 12.8 Å². The lowest BCUT2D eigenvalue weighted by atomic mass is 10.1. The second-order valence-corrected chi connectivity index (χ2v) is 5.48. The number of aryl methyl sites for hydroxylation is 1. The zero-order chi connectivity index (χ0) is 15.4. The minimum absolute atomic E-state index is 0.133. The van der Waals surface area contributed by atoms with Crippen molar-refractivity contribution in [3.63, 3.8) is 0 Å². The molecule has 2 aromatic carbocycles. The lowest BCUT2D eigenvalue weighted by Gasteiger charge is -2.18. The number of nitrogens with zero attached hydrogens (tertiary/aromatic N) is 1. The summed E-state index contributed by atoms with van der Waals surface area (Å²) >= 11 is 6.07. The van der Waals surface area contributed by atoms with E-state index in [0.29, 0.717) is 22.8 Å². The topological polar surface area (TPSA) is 46.3 Å². The summed E-state index contributed by atoms with van der Waals surface area (Å²) in [5, 5.41) is 0.419. The van der Waals surface area contributed by atoms with Crippen LogP contribution in [0.25, 0.3) is 0 Å². The van der Waals surface area contributed by atoms with Crippen LogP contribution in [0.3, 0.4) is 0 Å². The Balaban J connectivity index is 2.13. The van der Waals surface area contributed by atoms with Crippen molar-refractivity contribution in [3.8, 4) is 0 Å². The van der Waals surface area contributed by atoms with E-state index in [1.165, 1.54) is 5.56 Å². The van der Waals surface area contributed by atoms with Crippen LogP contribution < -0.4 is 5.73 Å². The third kappa shape index (κ3) is 3.76. The number of anilines is 1. The van der Waals surface area contributed by atoms with Crippen LogP contribution in [0.2, 0.25) is 5.02 Å². The highest BCUT2D eigenvalue weighted by molar-refractivity contribution is 6.33. The smallest absolute Gasteiger partial charge is 0.255 e. The largest absolute Gasteiger partial charge is 0.399 e. The number of nitrogen functional groups attached to an aromatic ring is 1. The van der Waals surface area contributed by atoms with Gasteiger partial charge in [-0.3, -0.25) is 4.79 Å². The number of amides is 1. The number of hydrogen-bond acceptors (Lipinski definition) is 2. The standard InChI is InChI=1S/C17H19ClN2O/c1-3-12-4-6-13(7-5-12)11-20(2)17(21)15-10-14(19)8-9-16(15)18/h4-10H,3,11,19H2,1-2H3. The van der Waals surface area contributed by atoms with Crippen LogP contribution in [0.4, 0.5) is 5.69 Å². The molecule has 0 aromatic heterocycles. The summed E-state index contributed by atoms with van der Waals surface area (Å²) in [5.74, 6) is -0.133. The first-order valence-corrected chi connectivity index (χ1v) is 7.27. The van der Waals surface area contributed by atoms with Crippen molar-refractivity contribution in [1.29, 1.82) is 0 Å². The van der Waals surface area contributed by atoms with Crippen LogP contribution in [-0.2, 0) is 13.0 Å². The Labute approximate surface area is 130 Å². The quantitative estimate of drug-likeness (QED) is 0.874. The molecule has 3 nitrogen and oxygen atoms in total. The highest BCUT2D eigenvalue weighted by atomic mass is 35.5. The number of benzene rings is 2. The summed E-state index contributed by atoms with van der Waals surface area (Å²) in [4.78, 5) is 14.1. The monoisotopic (exact) mass is 302 g/mol. The molecule has 2 aromatic rings. The third-order valence-electron chi connectivity index (χ3n) is 3.42. The van der Waals surface area contributed by atoms with Crippen LogP contribution in [-0.4, -0.2) is 17.9 Å². The van der Waals surface area contributed by atoms with E-state index in [-0.39, 0.29) is 5.91 Å². The van der Waals surface area contributed by atoms with Crippen molar-refractivity contribution in [2.24, 2.45) is 0 Å². The van der Waals surface area contributed by atoms with Crippen LogP contribution in [0.5, 0.6) is 0 Å². The number of halogens is 1. The van der Waals surface area contributed by atoms with Gasteiger partial charge in [0.15, 0.2) is 0 Å². The first kappa shape index (κ1) is 15.4. The second-order valence-electron chi connectivity index (χ2n) is 5.07. The first-order chi connectivity index (χ1) is 10.0. The molecule has 21 heavy (non-hydrogen) atoms. The van der Waals surface area contributed by atoms with E-state index in [2.05, 4.69) is 19.1 Å². The maximum Gasteiger partial charge on any atom is 0.255 e. The van der Waals surface area contributed by atoms with Crippen LogP contribution in [0, 0.1) is 0 Å². The molecule has 2 rings (SSSR count). The van der Waals surface area contributed by atoms with Gasteiger partial charge >= 0.3 is 0 Å². The lowest BCUT2D eigenvalue weighted by Crippen LogP contribution is -2.26. The average Bonchev–Trinajstić information content (AvgIpc) is 2.49.